The molecule has 3 aromatic rings. The van der Waals surface area contributed by atoms with Crippen molar-refractivity contribution in [1.29, 1.82) is 0 Å². The normalized spacial score (nSPS) is 24.2. The van der Waals surface area contributed by atoms with Gasteiger partial charge in [-0.3, -0.25) is 4.79 Å². The number of pyridine rings is 1. The van der Waals surface area contributed by atoms with E-state index < -0.39 is 0 Å². The van der Waals surface area contributed by atoms with Crippen LogP contribution in [0.3, 0.4) is 0 Å². The molecule has 1 aliphatic carbocycles. The Balaban J connectivity index is 1.48. The smallest absolute Gasteiger partial charge is 0.223 e. The first kappa shape index (κ1) is 20.9. The highest BCUT2D eigenvalue weighted by molar-refractivity contribution is 5.84. The molecule has 32 heavy (non-hydrogen) atoms. The Morgan fingerprint density at radius 3 is 2.84 bits per heavy atom. The second-order valence-electron chi connectivity index (χ2n) is 9.22. The summed E-state index contributed by atoms with van der Waals surface area (Å²) in [5.74, 6) is 0.651. The highest BCUT2D eigenvalue weighted by atomic mass is 19.1. The molecule has 1 aromatic carbocycles. The third-order valence-corrected chi connectivity index (χ3v) is 7.57. The Bertz CT molecular complexity index is 1110. The lowest BCUT2D eigenvalue weighted by molar-refractivity contribution is -0.138. The first-order valence-corrected chi connectivity index (χ1v) is 11.8. The first-order chi connectivity index (χ1) is 15.7. The lowest BCUT2D eigenvalue weighted by Crippen LogP contribution is -2.52. The van der Waals surface area contributed by atoms with Crippen LogP contribution in [0.2, 0.25) is 0 Å². The number of aromatic amines is 1. The molecule has 5 rings (SSSR count). The van der Waals surface area contributed by atoms with E-state index in [1.165, 1.54) is 31.5 Å². The molecule has 2 aromatic heterocycles. The van der Waals surface area contributed by atoms with Gasteiger partial charge < -0.3 is 9.88 Å². The van der Waals surface area contributed by atoms with Gasteiger partial charge in [-0.15, -0.1) is 6.58 Å². The molecule has 2 fully saturated rings. The number of H-pyrrole nitrogens is 1. The summed E-state index contributed by atoms with van der Waals surface area (Å²) in [5.41, 5.74) is 2.34. The number of halogens is 1. The molecule has 4 unspecified atom stereocenters. The van der Waals surface area contributed by atoms with Crippen LogP contribution in [0.15, 0.2) is 61.4 Å². The predicted molar refractivity (Wildman–Crippen MR) is 125 cm³/mol. The van der Waals surface area contributed by atoms with Gasteiger partial charge in [-0.05, 0) is 48.3 Å². The van der Waals surface area contributed by atoms with E-state index in [0.29, 0.717) is 35.3 Å². The molecular weight excluding hydrogens is 401 g/mol. The molecule has 0 bridgehead atoms. The maximum atomic E-state index is 14.8. The quantitative estimate of drug-likeness (QED) is 0.518. The molecule has 4 atom stereocenters. The van der Waals surface area contributed by atoms with E-state index in [-0.39, 0.29) is 17.6 Å². The van der Waals surface area contributed by atoms with E-state index in [1.807, 2.05) is 36.5 Å². The number of piperidine rings is 1. The van der Waals surface area contributed by atoms with Crippen molar-refractivity contribution in [2.24, 2.45) is 11.8 Å². The third-order valence-electron chi connectivity index (χ3n) is 7.57. The summed E-state index contributed by atoms with van der Waals surface area (Å²) in [5, 5.41) is 0.482. The number of hydrogen-bond acceptors (Lipinski definition) is 2. The average molecular weight is 432 g/mol. The van der Waals surface area contributed by atoms with Crippen LogP contribution in [0.4, 0.5) is 4.39 Å². The largest absolute Gasteiger partial charge is 0.346 e. The van der Waals surface area contributed by atoms with Crippen molar-refractivity contribution in [1.82, 2.24) is 14.9 Å². The van der Waals surface area contributed by atoms with Crippen molar-refractivity contribution in [2.45, 2.75) is 50.5 Å². The minimum absolute atomic E-state index is 0.164. The summed E-state index contributed by atoms with van der Waals surface area (Å²) >= 11 is 0. The van der Waals surface area contributed by atoms with Crippen molar-refractivity contribution in [3.63, 3.8) is 0 Å². The molecule has 1 saturated carbocycles. The molecule has 0 spiro atoms. The fraction of sp³-hybridized carbons (Fsp3) is 0.407. The van der Waals surface area contributed by atoms with E-state index in [1.54, 1.807) is 0 Å². The van der Waals surface area contributed by atoms with Gasteiger partial charge in [-0.1, -0.05) is 49.2 Å². The number of nitrogens with zero attached hydrogens (tertiary/aromatic N) is 2. The Hall–Kier alpha value is -2.95. The van der Waals surface area contributed by atoms with Crippen LogP contribution in [0.5, 0.6) is 0 Å². The molecule has 1 saturated heterocycles. The van der Waals surface area contributed by atoms with Gasteiger partial charge in [-0.25, -0.2) is 9.37 Å². The molecule has 0 radical (unpaired) electrons. The summed E-state index contributed by atoms with van der Waals surface area (Å²) in [6.45, 7) is 4.84. The van der Waals surface area contributed by atoms with Gasteiger partial charge in [-0.2, -0.15) is 0 Å². The van der Waals surface area contributed by atoms with Crippen molar-refractivity contribution >= 4 is 16.9 Å². The van der Waals surface area contributed by atoms with Crippen LogP contribution in [0.25, 0.3) is 11.0 Å². The zero-order valence-electron chi connectivity index (χ0n) is 18.3. The van der Waals surface area contributed by atoms with Crippen LogP contribution in [0, 0.1) is 17.7 Å². The Labute approximate surface area is 188 Å². The zero-order chi connectivity index (χ0) is 22.1. The SMILES string of the molecule is C=CC1CCN(C(=O)CC(c2ccccc2)c2c[nH]c3nccc(F)c23)C2CCCCC12. The Kier molecular flexibility index (Phi) is 5.81. The van der Waals surface area contributed by atoms with Crippen LogP contribution in [0.1, 0.15) is 55.6 Å². The van der Waals surface area contributed by atoms with Gasteiger partial charge >= 0.3 is 0 Å². The predicted octanol–water partition coefficient (Wildman–Crippen LogP) is 5.82. The maximum Gasteiger partial charge on any atom is 0.223 e. The van der Waals surface area contributed by atoms with Crippen LogP contribution in [-0.2, 0) is 4.79 Å². The summed E-state index contributed by atoms with van der Waals surface area (Å²) in [6.07, 6.45) is 11.4. The van der Waals surface area contributed by atoms with E-state index in [0.717, 1.165) is 30.5 Å². The van der Waals surface area contributed by atoms with Gasteiger partial charge in [0.15, 0.2) is 0 Å². The van der Waals surface area contributed by atoms with E-state index in [4.69, 9.17) is 0 Å². The van der Waals surface area contributed by atoms with Crippen LogP contribution in [-0.4, -0.2) is 33.4 Å². The number of fused-ring (bicyclic) bond motifs is 2. The number of likely N-dealkylation sites (tertiary alicyclic amines) is 1. The number of allylic oxidation sites excluding steroid dienone is 1. The average Bonchev–Trinajstić information content (AvgIpc) is 3.27. The number of nitrogens with one attached hydrogen (secondary N) is 1. The molecule has 3 heterocycles. The molecule has 166 valence electrons. The molecule has 4 nitrogen and oxygen atoms in total. The second-order valence-corrected chi connectivity index (χ2v) is 9.22. The Morgan fingerprint density at radius 2 is 2.03 bits per heavy atom. The van der Waals surface area contributed by atoms with E-state index >= 15 is 0 Å². The first-order valence-electron chi connectivity index (χ1n) is 11.8. The lowest BCUT2D eigenvalue weighted by atomic mass is 9.71. The topological polar surface area (TPSA) is 49.0 Å². The fourth-order valence-corrected chi connectivity index (χ4v) is 6.00. The van der Waals surface area contributed by atoms with Gasteiger partial charge in [0.1, 0.15) is 11.5 Å². The van der Waals surface area contributed by atoms with Crippen molar-refractivity contribution in [3.05, 3.63) is 78.4 Å². The van der Waals surface area contributed by atoms with Gasteiger partial charge in [0.25, 0.3) is 0 Å². The maximum absolute atomic E-state index is 14.8. The standard InChI is InChI=1S/C27H30FN3O/c1-2-18-13-15-31(24-11-7-6-10-20(18)24)25(32)16-21(19-8-4-3-5-9-19)22-17-30-27-26(22)23(28)12-14-29-27/h2-5,8-9,12,14,17-18,20-21,24H,1,6-7,10-11,13,15-16H2,(H,29,30). The summed E-state index contributed by atoms with van der Waals surface area (Å²) in [4.78, 5) is 23.2. The summed E-state index contributed by atoms with van der Waals surface area (Å²) in [7, 11) is 0. The molecular formula is C27H30FN3O. The number of amides is 1. The zero-order valence-corrected chi connectivity index (χ0v) is 18.3. The van der Waals surface area contributed by atoms with Crippen molar-refractivity contribution in [2.75, 3.05) is 6.54 Å². The molecule has 5 heteroatoms. The number of benzene rings is 1. The molecule has 1 aliphatic heterocycles. The minimum atomic E-state index is -0.307. The lowest BCUT2D eigenvalue weighted by Gasteiger charge is -2.47. The van der Waals surface area contributed by atoms with E-state index in [2.05, 4.69) is 27.5 Å². The third kappa shape index (κ3) is 3.74. The monoisotopic (exact) mass is 431 g/mol. The minimum Gasteiger partial charge on any atom is -0.346 e. The number of carbonyl (C=O) groups excluding carboxylic acids is 1. The number of rotatable bonds is 5. The van der Waals surface area contributed by atoms with Gasteiger partial charge in [0, 0.05) is 37.3 Å². The van der Waals surface area contributed by atoms with Crippen molar-refractivity contribution in [3.8, 4) is 0 Å². The highest BCUT2D eigenvalue weighted by Gasteiger charge is 2.40. The molecule has 1 N–H and O–H groups in total. The number of carbonyl (C=O) groups is 1. The number of hydrogen-bond donors (Lipinski definition) is 1. The second kappa shape index (κ2) is 8.89. The van der Waals surface area contributed by atoms with Crippen molar-refractivity contribution < 1.29 is 9.18 Å². The Morgan fingerprint density at radius 1 is 1.22 bits per heavy atom. The van der Waals surface area contributed by atoms with Crippen LogP contribution >= 0.6 is 0 Å². The highest BCUT2D eigenvalue weighted by Crippen LogP contribution is 2.41. The summed E-state index contributed by atoms with van der Waals surface area (Å²) < 4.78 is 14.8. The summed E-state index contributed by atoms with van der Waals surface area (Å²) in [6, 6.07) is 11.6. The fourth-order valence-electron chi connectivity index (χ4n) is 6.00. The van der Waals surface area contributed by atoms with E-state index in [9.17, 15) is 9.18 Å². The van der Waals surface area contributed by atoms with Crippen LogP contribution < -0.4 is 0 Å². The van der Waals surface area contributed by atoms with Gasteiger partial charge in [0.2, 0.25) is 5.91 Å². The molecule has 1 amide bonds. The number of aromatic nitrogens is 2. The van der Waals surface area contributed by atoms with Gasteiger partial charge in [0.05, 0.1) is 5.39 Å². The molecule has 2 aliphatic rings.